The van der Waals surface area contributed by atoms with Crippen molar-refractivity contribution in [3.8, 4) is 0 Å². The van der Waals surface area contributed by atoms with Crippen molar-refractivity contribution in [2.24, 2.45) is 0 Å². The lowest BCUT2D eigenvalue weighted by Crippen LogP contribution is -2.13. The fourth-order valence-corrected chi connectivity index (χ4v) is 3.16. The van der Waals surface area contributed by atoms with Gasteiger partial charge in [-0.2, -0.15) is 4.98 Å². The van der Waals surface area contributed by atoms with E-state index in [4.69, 9.17) is 4.52 Å². The van der Waals surface area contributed by atoms with Gasteiger partial charge in [0.15, 0.2) is 5.82 Å². The summed E-state index contributed by atoms with van der Waals surface area (Å²) in [5.41, 5.74) is 0. The molecule has 1 atom stereocenters. The van der Waals surface area contributed by atoms with Crippen molar-refractivity contribution in [2.45, 2.75) is 69.7 Å². The Kier molecular flexibility index (Phi) is 3.93. The van der Waals surface area contributed by atoms with E-state index in [1.54, 1.807) is 0 Å². The van der Waals surface area contributed by atoms with E-state index in [2.05, 4.69) is 15.5 Å². The molecule has 4 nitrogen and oxygen atoms in total. The first kappa shape index (κ1) is 12.2. The summed E-state index contributed by atoms with van der Waals surface area (Å²) >= 11 is 0. The largest absolute Gasteiger partial charge is 0.338 e. The molecule has 100 valence electrons. The first-order valence-corrected chi connectivity index (χ1v) is 7.50. The zero-order valence-corrected chi connectivity index (χ0v) is 11.0. The third-order valence-electron chi connectivity index (χ3n) is 4.29. The van der Waals surface area contributed by atoms with Crippen LogP contribution in [0.2, 0.25) is 0 Å². The van der Waals surface area contributed by atoms with Gasteiger partial charge in [-0.1, -0.05) is 37.3 Å². The Morgan fingerprint density at radius 2 is 1.72 bits per heavy atom. The molecule has 1 aromatic rings. The van der Waals surface area contributed by atoms with Gasteiger partial charge in [0, 0.05) is 5.92 Å². The molecule has 0 radical (unpaired) electrons. The number of rotatable bonds is 2. The monoisotopic (exact) mass is 249 g/mol. The van der Waals surface area contributed by atoms with Crippen LogP contribution in [0.15, 0.2) is 4.52 Å². The second-order valence-corrected chi connectivity index (χ2v) is 5.68. The molecule has 0 bridgehead atoms. The van der Waals surface area contributed by atoms with Crippen LogP contribution in [-0.4, -0.2) is 16.7 Å². The van der Waals surface area contributed by atoms with Crippen molar-refractivity contribution in [3.05, 3.63) is 11.7 Å². The fraction of sp³-hybridized carbons (Fsp3) is 0.857. The summed E-state index contributed by atoms with van der Waals surface area (Å²) in [5.74, 6) is 2.30. The topological polar surface area (TPSA) is 51.0 Å². The van der Waals surface area contributed by atoms with Crippen LogP contribution in [0.3, 0.4) is 0 Å². The molecule has 18 heavy (non-hydrogen) atoms. The molecular formula is C14H23N3O. The number of aromatic nitrogens is 2. The molecule has 1 saturated carbocycles. The third-order valence-corrected chi connectivity index (χ3v) is 4.29. The molecule has 1 aliphatic heterocycles. The van der Waals surface area contributed by atoms with Crippen LogP contribution in [0.4, 0.5) is 0 Å². The first-order valence-electron chi connectivity index (χ1n) is 7.50. The predicted molar refractivity (Wildman–Crippen MR) is 69.3 cm³/mol. The Labute approximate surface area is 109 Å². The van der Waals surface area contributed by atoms with E-state index in [1.165, 1.54) is 51.4 Å². The highest BCUT2D eigenvalue weighted by Gasteiger charge is 2.25. The normalized spacial score (nSPS) is 27.0. The van der Waals surface area contributed by atoms with Crippen LogP contribution in [-0.2, 0) is 0 Å². The van der Waals surface area contributed by atoms with E-state index in [1.807, 2.05) is 0 Å². The molecule has 2 heterocycles. The van der Waals surface area contributed by atoms with Crippen molar-refractivity contribution < 1.29 is 4.52 Å². The lowest BCUT2D eigenvalue weighted by molar-refractivity contribution is 0.335. The van der Waals surface area contributed by atoms with E-state index in [-0.39, 0.29) is 0 Å². The average molecular weight is 249 g/mol. The van der Waals surface area contributed by atoms with Crippen LogP contribution in [0.25, 0.3) is 0 Å². The number of hydrogen-bond acceptors (Lipinski definition) is 4. The molecule has 1 aromatic heterocycles. The zero-order valence-electron chi connectivity index (χ0n) is 11.0. The van der Waals surface area contributed by atoms with Gasteiger partial charge in [-0.15, -0.1) is 0 Å². The van der Waals surface area contributed by atoms with E-state index >= 15 is 0 Å². The highest BCUT2D eigenvalue weighted by atomic mass is 16.5. The summed E-state index contributed by atoms with van der Waals surface area (Å²) in [5, 5.41) is 7.65. The summed E-state index contributed by atoms with van der Waals surface area (Å²) in [7, 11) is 0. The molecule has 0 aromatic carbocycles. The van der Waals surface area contributed by atoms with Crippen molar-refractivity contribution in [1.29, 1.82) is 0 Å². The summed E-state index contributed by atoms with van der Waals surface area (Å²) in [4.78, 5) is 4.65. The number of nitrogens with one attached hydrogen (secondary N) is 1. The maximum absolute atomic E-state index is 5.45. The van der Waals surface area contributed by atoms with Gasteiger partial charge in [-0.05, 0) is 32.2 Å². The smallest absolute Gasteiger partial charge is 0.243 e. The SMILES string of the molecule is C1CCCC(c2noc([C@H]3CCCN3)n2)CCC1. The number of hydrogen-bond donors (Lipinski definition) is 1. The molecule has 3 rings (SSSR count). The highest BCUT2D eigenvalue weighted by Crippen LogP contribution is 2.30. The molecule has 4 heteroatoms. The van der Waals surface area contributed by atoms with Crippen molar-refractivity contribution in [3.63, 3.8) is 0 Å². The quantitative estimate of drug-likeness (QED) is 0.873. The Hall–Kier alpha value is -0.900. The summed E-state index contributed by atoms with van der Waals surface area (Å²) in [6.07, 6.45) is 11.6. The minimum absolute atomic E-state index is 0.305. The predicted octanol–water partition coefficient (Wildman–Crippen LogP) is 3.32. The maximum atomic E-state index is 5.45. The lowest BCUT2D eigenvalue weighted by atomic mass is 9.91. The average Bonchev–Trinajstić information content (AvgIpc) is 2.98. The van der Waals surface area contributed by atoms with Crippen LogP contribution in [0, 0.1) is 0 Å². The highest BCUT2D eigenvalue weighted by molar-refractivity contribution is 5.00. The Bertz CT molecular complexity index is 363. The molecule has 0 spiro atoms. The molecule has 0 amide bonds. The van der Waals surface area contributed by atoms with Gasteiger partial charge < -0.3 is 9.84 Å². The van der Waals surface area contributed by atoms with Gasteiger partial charge in [-0.25, -0.2) is 0 Å². The lowest BCUT2D eigenvalue weighted by Gasteiger charge is -2.15. The summed E-state index contributed by atoms with van der Waals surface area (Å²) < 4.78 is 5.45. The van der Waals surface area contributed by atoms with Crippen molar-refractivity contribution in [1.82, 2.24) is 15.5 Å². The minimum Gasteiger partial charge on any atom is -0.338 e. The first-order chi connectivity index (χ1) is 8.93. The second-order valence-electron chi connectivity index (χ2n) is 5.68. The molecule has 1 aliphatic carbocycles. The van der Waals surface area contributed by atoms with E-state index in [0.717, 1.165) is 24.7 Å². The summed E-state index contributed by atoms with van der Waals surface area (Å²) in [6.45, 7) is 1.08. The second kappa shape index (κ2) is 5.83. The molecule has 1 N–H and O–H groups in total. The van der Waals surface area contributed by atoms with Gasteiger partial charge >= 0.3 is 0 Å². The van der Waals surface area contributed by atoms with Gasteiger partial charge in [0.1, 0.15) is 0 Å². The standard InChI is InChI=1S/C14H23N3O/c1-2-4-7-11(8-5-3-1)13-16-14(18-17-13)12-9-6-10-15-12/h11-12,15H,1-10H2/t12-/m1/s1. The fourth-order valence-electron chi connectivity index (χ4n) is 3.16. The maximum Gasteiger partial charge on any atom is 0.243 e. The Balaban J connectivity index is 1.66. The van der Waals surface area contributed by atoms with Gasteiger partial charge in [-0.3, -0.25) is 0 Å². The molecule has 0 unspecified atom stereocenters. The Morgan fingerprint density at radius 1 is 0.944 bits per heavy atom. The minimum atomic E-state index is 0.305. The van der Waals surface area contributed by atoms with Crippen LogP contribution < -0.4 is 5.32 Å². The van der Waals surface area contributed by atoms with E-state index in [0.29, 0.717) is 12.0 Å². The van der Waals surface area contributed by atoms with Gasteiger partial charge in [0.2, 0.25) is 5.89 Å². The van der Waals surface area contributed by atoms with Gasteiger partial charge in [0.05, 0.1) is 6.04 Å². The van der Waals surface area contributed by atoms with Crippen LogP contribution >= 0.6 is 0 Å². The zero-order chi connectivity index (χ0) is 12.2. The Morgan fingerprint density at radius 3 is 2.44 bits per heavy atom. The van der Waals surface area contributed by atoms with E-state index in [9.17, 15) is 0 Å². The molecule has 2 aliphatic rings. The van der Waals surface area contributed by atoms with Crippen molar-refractivity contribution >= 4 is 0 Å². The molecule has 1 saturated heterocycles. The molecular weight excluding hydrogens is 226 g/mol. The summed E-state index contributed by atoms with van der Waals surface area (Å²) in [6, 6.07) is 0.305. The molecule has 2 fully saturated rings. The number of nitrogens with zero attached hydrogens (tertiary/aromatic N) is 2. The van der Waals surface area contributed by atoms with Gasteiger partial charge in [0.25, 0.3) is 0 Å². The van der Waals surface area contributed by atoms with Crippen LogP contribution in [0.5, 0.6) is 0 Å². The third kappa shape index (κ3) is 2.74. The van der Waals surface area contributed by atoms with Crippen molar-refractivity contribution in [2.75, 3.05) is 6.54 Å². The van der Waals surface area contributed by atoms with E-state index < -0.39 is 0 Å². The van der Waals surface area contributed by atoms with Crippen LogP contribution in [0.1, 0.15) is 81.5 Å².